The standard InChI is InChI=1S/C9H7ClF3NO3/c1-4-7(17-9(11,12)13)6(8(10)15)5(16-2)3-14-4/h3H,1-2H3. The van der Waals surface area contributed by atoms with Crippen LogP contribution in [0, 0.1) is 6.92 Å². The molecular formula is C9H7ClF3NO3. The second-order valence-electron chi connectivity index (χ2n) is 2.94. The number of aryl methyl sites for hydroxylation is 1. The topological polar surface area (TPSA) is 48.4 Å². The van der Waals surface area contributed by atoms with Gasteiger partial charge in [-0.2, -0.15) is 0 Å². The van der Waals surface area contributed by atoms with Gasteiger partial charge in [-0.25, -0.2) is 0 Å². The van der Waals surface area contributed by atoms with E-state index < -0.39 is 22.9 Å². The number of ether oxygens (including phenoxy) is 2. The molecule has 0 aliphatic rings. The number of alkyl halides is 3. The van der Waals surface area contributed by atoms with E-state index in [9.17, 15) is 18.0 Å². The molecule has 0 bridgehead atoms. The first-order valence-corrected chi connectivity index (χ1v) is 4.63. The molecule has 0 amide bonds. The maximum atomic E-state index is 12.2. The van der Waals surface area contributed by atoms with Crippen molar-refractivity contribution in [2.45, 2.75) is 13.3 Å². The van der Waals surface area contributed by atoms with Crippen LogP contribution in [0.5, 0.6) is 11.5 Å². The van der Waals surface area contributed by atoms with E-state index >= 15 is 0 Å². The Labute approximate surface area is 99.3 Å². The largest absolute Gasteiger partial charge is 0.573 e. The SMILES string of the molecule is COc1cnc(C)c(OC(F)(F)F)c1C(=O)Cl. The lowest BCUT2D eigenvalue weighted by Gasteiger charge is -2.15. The fourth-order valence-electron chi connectivity index (χ4n) is 1.15. The molecular weight excluding hydrogens is 263 g/mol. The molecule has 0 unspecified atom stereocenters. The third kappa shape index (κ3) is 3.23. The Morgan fingerprint density at radius 2 is 2.06 bits per heavy atom. The lowest BCUT2D eigenvalue weighted by molar-refractivity contribution is -0.275. The Balaban J connectivity index is 3.39. The van der Waals surface area contributed by atoms with E-state index in [0.717, 1.165) is 6.20 Å². The molecule has 1 aromatic rings. The Hall–Kier alpha value is -1.50. The number of methoxy groups -OCH3 is 1. The van der Waals surface area contributed by atoms with Crippen LogP contribution in [0.4, 0.5) is 13.2 Å². The summed E-state index contributed by atoms with van der Waals surface area (Å²) in [5, 5.41) is -1.12. The quantitative estimate of drug-likeness (QED) is 0.792. The lowest BCUT2D eigenvalue weighted by atomic mass is 10.2. The number of pyridine rings is 1. The predicted molar refractivity (Wildman–Crippen MR) is 52.4 cm³/mol. The van der Waals surface area contributed by atoms with Gasteiger partial charge in [-0.05, 0) is 18.5 Å². The summed E-state index contributed by atoms with van der Waals surface area (Å²) in [5.41, 5.74) is -0.619. The second-order valence-corrected chi connectivity index (χ2v) is 3.28. The van der Waals surface area contributed by atoms with Crippen molar-refractivity contribution in [1.82, 2.24) is 4.98 Å². The zero-order chi connectivity index (χ0) is 13.2. The highest BCUT2D eigenvalue weighted by Gasteiger charge is 2.35. The van der Waals surface area contributed by atoms with E-state index in [-0.39, 0.29) is 11.4 Å². The van der Waals surface area contributed by atoms with E-state index in [1.165, 1.54) is 14.0 Å². The van der Waals surface area contributed by atoms with Gasteiger partial charge in [0.15, 0.2) is 11.5 Å². The number of hydrogen-bond donors (Lipinski definition) is 0. The first-order chi connectivity index (χ1) is 7.76. The van der Waals surface area contributed by atoms with Crippen LogP contribution in [-0.2, 0) is 0 Å². The molecule has 1 aromatic heterocycles. The Bertz CT molecular complexity index is 448. The third-order valence-corrected chi connectivity index (χ3v) is 2.00. The van der Waals surface area contributed by atoms with Crippen LogP contribution in [0.3, 0.4) is 0 Å². The van der Waals surface area contributed by atoms with Gasteiger partial charge >= 0.3 is 6.36 Å². The molecule has 8 heteroatoms. The van der Waals surface area contributed by atoms with Gasteiger partial charge in [-0.3, -0.25) is 9.78 Å². The Morgan fingerprint density at radius 3 is 2.47 bits per heavy atom. The highest BCUT2D eigenvalue weighted by molar-refractivity contribution is 6.68. The zero-order valence-electron chi connectivity index (χ0n) is 8.76. The second kappa shape index (κ2) is 4.79. The van der Waals surface area contributed by atoms with Crippen LogP contribution in [0.2, 0.25) is 0 Å². The fraction of sp³-hybridized carbons (Fsp3) is 0.333. The lowest BCUT2D eigenvalue weighted by Crippen LogP contribution is -2.20. The monoisotopic (exact) mass is 269 g/mol. The molecule has 0 aliphatic carbocycles. The molecule has 0 atom stereocenters. The summed E-state index contributed by atoms with van der Waals surface area (Å²) < 4.78 is 44.9. The molecule has 4 nitrogen and oxygen atoms in total. The van der Waals surface area contributed by atoms with E-state index in [0.29, 0.717) is 0 Å². The van der Waals surface area contributed by atoms with Crippen molar-refractivity contribution in [1.29, 1.82) is 0 Å². The van der Waals surface area contributed by atoms with Crippen molar-refractivity contribution in [3.8, 4) is 11.5 Å². The maximum absolute atomic E-state index is 12.2. The van der Waals surface area contributed by atoms with E-state index in [1.54, 1.807) is 0 Å². The van der Waals surface area contributed by atoms with Gasteiger partial charge in [0.25, 0.3) is 5.24 Å². The Kier molecular flexibility index (Phi) is 3.82. The van der Waals surface area contributed by atoms with Crippen molar-refractivity contribution in [2.24, 2.45) is 0 Å². The fourth-order valence-corrected chi connectivity index (χ4v) is 1.33. The van der Waals surface area contributed by atoms with Crippen LogP contribution >= 0.6 is 11.6 Å². The first kappa shape index (κ1) is 13.6. The van der Waals surface area contributed by atoms with Gasteiger partial charge in [-0.15, -0.1) is 13.2 Å². The Morgan fingerprint density at radius 1 is 1.47 bits per heavy atom. The number of nitrogens with zero attached hydrogens (tertiary/aromatic N) is 1. The summed E-state index contributed by atoms with van der Waals surface area (Å²) in [6.07, 6.45) is -3.85. The van der Waals surface area contributed by atoms with Crippen molar-refractivity contribution in [2.75, 3.05) is 7.11 Å². The molecule has 0 saturated carbocycles. The molecule has 1 heterocycles. The summed E-state index contributed by atoms with van der Waals surface area (Å²) in [4.78, 5) is 14.7. The minimum Gasteiger partial charge on any atom is -0.494 e. The van der Waals surface area contributed by atoms with Gasteiger partial charge < -0.3 is 9.47 Å². The van der Waals surface area contributed by atoms with Gasteiger partial charge in [-0.1, -0.05) is 0 Å². The summed E-state index contributed by atoms with van der Waals surface area (Å²) in [5.74, 6) is -0.938. The van der Waals surface area contributed by atoms with Crippen LogP contribution in [-0.4, -0.2) is 23.7 Å². The minimum atomic E-state index is -4.94. The maximum Gasteiger partial charge on any atom is 0.573 e. The molecule has 0 aromatic carbocycles. The van der Waals surface area contributed by atoms with Gasteiger partial charge in [0.2, 0.25) is 0 Å². The van der Waals surface area contributed by atoms with Gasteiger partial charge in [0, 0.05) is 0 Å². The number of halogens is 4. The molecule has 94 valence electrons. The first-order valence-electron chi connectivity index (χ1n) is 4.25. The van der Waals surface area contributed by atoms with Crippen molar-refractivity contribution >= 4 is 16.8 Å². The molecule has 0 radical (unpaired) electrons. The van der Waals surface area contributed by atoms with E-state index in [1.807, 2.05) is 0 Å². The molecule has 0 aliphatic heterocycles. The number of carbonyl (C=O) groups excluding carboxylic acids is 1. The van der Waals surface area contributed by atoms with Crippen LogP contribution in [0.1, 0.15) is 16.1 Å². The zero-order valence-corrected chi connectivity index (χ0v) is 9.52. The van der Waals surface area contributed by atoms with Crippen molar-refractivity contribution in [3.05, 3.63) is 17.5 Å². The normalized spacial score (nSPS) is 11.2. The molecule has 0 fully saturated rings. The number of hydrogen-bond acceptors (Lipinski definition) is 4. The minimum absolute atomic E-state index is 0.118. The molecule has 1 rings (SSSR count). The predicted octanol–water partition coefficient (Wildman–Crippen LogP) is 2.68. The summed E-state index contributed by atoms with van der Waals surface area (Å²) in [6, 6.07) is 0. The molecule has 0 saturated heterocycles. The van der Waals surface area contributed by atoms with Crippen LogP contribution in [0.15, 0.2) is 6.20 Å². The number of rotatable bonds is 3. The van der Waals surface area contributed by atoms with Gasteiger partial charge in [0.05, 0.1) is 19.0 Å². The highest BCUT2D eigenvalue weighted by Crippen LogP contribution is 2.35. The van der Waals surface area contributed by atoms with Gasteiger partial charge in [0.1, 0.15) is 5.56 Å². The average Bonchev–Trinajstić information content (AvgIpc) is 2.18. The molecule has 0 N–H and O–H groups in total. The number of aromatic nitrogens is 1. The molecule has 17 heavy (non-hydrogen) atoms. The van der Waals surface area contributed by atoms with Crippen LogP contribution < -0.4 is 9.47 Å². The average molecular weight is 270 g/mol. The van der Waals surface area contributed by atoms with E-state index in [2.05, 4.69) is 9.72 Å². The third-order valence-electron chi connectivity index (χ3n) is 1.81. The van der Waals surface area contributed by atoms with E-state index in [4.69, 9.17) is 16.3 Å². The van der Waals surface area contributed by atoms with Crippen molar-refractivity contribution in [3.63, 3.8) is 0 Å². The highest BCUT2D eigenvalue weighted by atomic mass is 35.5. The summed E-state index contributed by atoms with van der Waals surface area (Å²) in [6.45, 7) is 1.25. The smallest absolute Gasteiger partial charge is 0.494 e. The van der Waals surface area contributed by atoms with Crippen molar-refractivity contribution < 1.29 is 27.4 Å². The van der Waals surface area contributed by atoms with Crippen LogP contribution in [0.25, 0.3) is 0 Å². The molecule has 0 spiro atoms. The summed E-state index contributed by atoms with van der Waals surface area (Å²) >= 11 is 5.20. The number of carbonyl (C=O) groups is 1. The summed E-state index contributed by atoms with van der Waals surface area (Å²) in [7, 11) is 1.17.